The molecule has 2 N–H and O–H groups in total. The summed E-state index contributed by atoms with van der Waals surface area (Å²) in [7, 11) is 0. The van der Waals surface area contributed by atoms with Crippen LogP contribution in [0.4, 0.5) is 0 Å². The summed E-state index contributed by atoms with van der Waals surface area (Å²) in [5.74, 6) is -2.15. The highest BCUT2D eigenvalue weighted by Gasteiger charge is 2.07. The van der Waals surface area contributed by atoms with Crippen molar-refractivity contribution in [1.29, 1.82) is 0 Å². The van der Waals surface area contributed by atoms with E-state index in [9.17, 15) is 28.8 Å². The van der Waals surface area contributed by atoms with Crippen molar-refractivity contribution in [2.45, 2.75) is 48.5 Å². The van der Waals surface area contributed by atoms with Gasteiger partial charge in [-0.25, -0.2) is 9.59 Å². The number of aldehydes is 4. The van der Waals surface area contributed by atoms with Gasteiger partial charge in [0.15, 0.2) is 18.9 Å². The number of aromatic carboxylic acids is 2. The van der Waals surface area contributed by atoms with Crippen LogP contribution in [-0.4, -0.2) is 53.4 Å². The number of rotatable bonds is 6. The summed E-state index contributed by atoms with van der Waals surface area (Å²) in [4.78, 5) is 78.2. The molecule has 4 aromatic rings. The highest BCUT2D eigenvalue weighted by atomic mass is 79.9. The summed E-state index contributed by atoms with van der Waals surface area (Å²) in [6, 6.07) is 25.1. The highest BCUT2D eigenvalue weighted by molar-refractivity contribution is 9.11. The molecule has 10 nitrogen and oxygen atoms in total. The maximum atomic E-state index is 10.4. The minimum Gasteiger partial charge on any atom is -0.478 e. The van der Waals surface area contributed by atoms with E-state index < -0.39 is 11.9 Å². The first-order chi connectivity index (χ1) is 24.0. The molecule has 0 aliphatic heterocycles. The molecule has 0 amide bonds. The molecular weight excluding hydrogens is 776 g/mol. The van der Waals surface area contributed by atoms with Gasteiger partial charge in [-0.2, -0.15) is 9.59 Å². The van der Waals surface area contributed by atoms with Gasteiger partial charge in [0.05, 0.1) is 11.1 Å². The second-order valence-corrected chi connectivity index (χ2v) is 9.63. The normalized spacial score (nSPS) is 8.02. The van der Waals surface area contributed by atoms with Crippen molar-refractivity contribution in [1.82, 2.24) is 0 Å². The Morgan fingerprint density at radius 2 is 0.860 bits per heavy atom. The van der Waals surface area contributed by atoms with Gasteiger partial charge in [0, 0.05) is 31.2 Å². The Bertz CT molecular complexity index is 1550. The van der Waals surface area contributed by atoms with Crippen LogP contribution in [0.25, 0.3) is 0 Å². The number of hydrogen-bond acceptors (Lipinski definition) is 8. The standard InChI is InChI=1S/2C8H6O3.C8H8O.C7H4Br2O.3C2H6.CO2/c2*9-5-6-3-1-2-4-7(6)8(10)11;1-7-4-2-3-5-8(7)6-9;8-6-1-2-7(9)5(3-6)4-10;3*1-2;2-1-3/h2*1-5H,(H,10,11);2-6H,1H3;1-4H;3*1-2H3;. The fraction of sp³-hybridized carbons (Fsp3) is 0.184. The van der Waals surface area contributed by atoms with E-state index in [1.165, 1.54) is 24.3 Å². The first kappa shape index (κ1) is 51.7. The Kier molecular flexibility index (Phi) is 36.3. The second-order valence-electron chi connectivity index (χ2n) is 7.86. The average Bonchev–Trinajstić information content (AvgIpc) is 3.16. The summed E-state index contributed by atoms with van der Waals surface area (Å²) < 4.78 is 1.74. The molecule has 0 radical (unpaired) electrons. The van der Waals surface area contributed by atoms with Gasteiger partial charge < -0.3 is 10.2 Å². The third-order valence-corrected chi connectivity index (χ3v) is 6.25. The molecule has 0 bridgehead atoms. The minimum atomic E-state index is -1.08. The molecule has 0 spiro atoms. The van der Waals surface area contributed by atoms with E-state index >= 15 is 0 Å². The molecule has 0 fully saturated rings. The molecule has 0 atom stereocenters. The van der Waals surface area contributed by atoms with Gasteiger partial charge in [-0.15, -0.1) is 0 Å². The van der Waals surface area contributed by atoms with Crippen molar-refractivity contribution < 1.29 is 48.6 Å². The number of carboxylic acid groups (broad SMARTS) is 2. The second kappa shape index (κ2) is 35.2. The largest absolute Gasteiger partial charge is 0.478 e. The van der Waals surface area contributed by atoms with Crippen LogP contribution in [0.3, 0.4) is 0 Å². The first-order valence-corrected chi connectivity index (χ1v) is 16.5. The van der Waals surface area contributed by atoms with Crippen molar-refractivity contribution in [3.8, 4) is 0 Å². The molecule has 50 heavy (non-hydrogen) atoms. The molecule has 0 unspecified atom stereocenters. The fourth-order valence-electron chi connectivity index (χ4n) is 2.91. The molecule has 268 valence electrons. The summed E-state index contributed by atoms with van der Waals surface area (Å²) >= 11 is 6.50. The third kappa shape index (κ3) is 23.2. The number of aryl methyl sites for hydroxylation is 1. The molecule has 0 heterocycles. The number of hydrogen-bond donors (Lipinski definition) is 2. The SMILES string of the molecule is CC.CC.CC.Cc1ccccc1C=O.O=C=O.O=Cc1cc(Br)ccc1Br.O=Cc1ccccc1C(=O)O.O=Cc1ccccc1C(=O)O. The predicted molar refractivity (Wildman–Crippen MR) is 200 cm³/mol. The van der Waals surface area contributed by atoms with Gasteiger partial charge in [0.1, 0.15) is 6.29 Å². The van der Waals surface area contributed by atoms with Crippen molar-refractivity contribution in [3.63, 3.8) is 0 Å². The van der Waals surface area contributed by atoms with Crippen LogP contribution in [0.2, 0.25) is 0 Å². The van der Waals surface area contributed by atoms with Crippen LogP contribution in [0.1, 0.15) is 109 Å². The van der Waals surface area contributed by atoms with Crippen LogP contribution in [0.5, 0.6) is 0 Å². The Balaban J connectivity index is -0.000000262. The first-order valence-electron chi connectivity index (χ1n) is 15.0. The quantitative estimate of drug-likeness (QED) is 0.178. The molecule has 0 aliphatic carbocycles. The lowest BCUT2D eigenvalue weighted by Gasteiger charge is -1.95. The summed E-state index contributed by atoms with van der Waals surface area (Å²) in [5.41, 5.74) is 2.98. The molecule has 0 saturated heterocycles. The van der Waals surface area contributed by atoms with Gasteiger partial charge in [0.25, 0.3) is 0 Å². The lowest BCUT2D eigenvalue weighted by atomic mass is 10.1. The number of benzene rings is 4. The Hall–Kier alpha value is -5.16. The third-order valence-electron chi connectivity index (χ3n) is 5.04. The molecule has 4 aromatic carbocycles. The molecule has 4 rings (SSSR count). The Morgan fingerprint density at radius 3 is 1.12 bits per heavy atom. The molecule has 0 aromatic heterocycles. The predicted octanol–water partition coefficient (Wildman–Crippen LogP) is 9.72. The highest BCUT2D eigenvalue weighted by Crippen LogP contribution is 2.19. The van der Waals surface area contributed by atoms with E-state index in [4.69, 9.17) is 19.8 Å². The molecule has 12 heteroatoms. The van der Waals surface area contributed by atoms with Gasteiger partial charge in [0.2, 0.25) is 0 Å². The minimum absolute atomic E-state index is 0.0440. The Morgan fingerprint density at radius 1 is 0.540 bits per heavy atom. The number of carbonyl (C=O) groups is 6. The average molecular weight is 819 g/mol. The van der Waals surface area contributed by atoms with Crippen molar-refractivity contribution in [2.24, 2.45) is 0 Å². The zero-order valence-electron chi connectivity index (χ0n) is 28.9. The molecular formula is C38H42Br2O10. The van der Waals surface area contributed by atoms with Gasteiger partial charge in [-0.3, -0.25) is 19.2 Å². The number of carboxylic acids is 2. The maximum absolute atomic E-state index is 10.4. The monoisotopic (exact) mass is 816 g/mol. The van der Waals surface area contributed by atoms with Crippen LogP contribution in [0.15, 0.2) is 99.9 Å². The van der Waals surface area contributed by atoms with Crippen LogP contribution in [-0.2, 0) is 9.59 Å². The fourth-order valence-corrected chi connectivity index (χ4v) is 3.63. The van der Waals surface area contributed by atoms with E-state index in [1.54, 1.807) is 30.3 Å². The Labute approximate surface area is 309 Å². The molecule has 0 aliphatic rings. The van der Waals surface area contributed by atoms with E-state index in [2.05, 4.69) is 31.9 Å². The summed E-state index contributed by atoms with van der Waals surface area (Å²) in [6.45, 7) is 13.9. The number of halogens is 2. The van der Waals surface area contributed by atoms with Gasteiger partial charge >= 0.3 is 18.1 Å². The van der Waals surface area contributed by atoms with E-state index in [1.807, 2.05) is 84.9 Å². The van der Waals surface area contributed by atoms with E-state index in [-0.39, 0.29) is 28.4 Å². The number of carbonyl (C=O) groups excluding carboxylic acids is 6. The van der Waals surface area contributed by atoms with Gasteiger partial charge in [-0.1, -0.05) is 134 Å². The zero-order valence-corrected chi connectivity index (χ0v) is 32.1. The van der Waals surface area contributed by atoms with Crippen LogP contribution < -0.4 is 0 Å². The van der Waals surface area contributed by atoms with E-state index in [0.717, 1.165) is 32.6 Å². The lowest BCUT2D eigenvalue weighted by Crippen LogP contribution is -2.00. The smallest absolute Gasteiger partial charge is 0.373 e. The van der Waals surface area contributed by atoms with Crippen molar-refractivity contribution in [3.05, 3.63) is 139 Å². The van der Waals surface area contributed by atoms with Crippen molar-refractivity contribution >= 4 is 75.1 Å². The van der Waals surface area contributed by atoms with Crippen molar-refractivity contribution in [2.75, 3.05) is 0 Å². The van der Waals surface area contributed by atoms with E-state index in [0.29, 0.717) is 18.1 Å². The zero-order chi connectivity index (χ0) is 39.5. The topological polar surface area (TPSA) is 177 Å². The summed E-state index contributed by atoms with van der Waals surface area (Å²) in [6.07, 6.45) is 3.00. The maximum Gasteiger partial charge on any atom is 0.373 e. The summed E-state index contributed by atoms with van der Waals surface area (Å²) in [5, 5.41) is 17.1. The lowest BCUT2D eigenvalue weighted by molar-refractivity contribution is -0.191. The van der Waals surface area contributed by atoms with Crippen LogP contribution >= 0.6 is 31.9 Å². The molecule has 0 saturated carbocycles. The van der Waals surface area contributed by atoms with Crippen LogP contribution in [0, 0.1) is 6.92 Å². The van der Waals surface area contributed by atoms with Gasteiger partial charge in [-0.05, 0) is 42.8 Å².